The third-order valence-electron chi connectivity index (χ3n) is 6.21. The monoisotopic (exact) mass is 574 g/mol. The molecular formula is C25H21BrF2N4O3S. The fourth-order valence-corrected chi connectivity index (χ4v) is 5.10. The van der Waals surface area contributed by atoms with Crippen molar-refractivity contribution in [3.63, 3.8) is 0 Å². The van der Waals surface area contributed by atoms with Crippen molar-refractivity contribution in [3.8, 4) is 11.3 Å². The number of anilines is 1. The molecule has 1 fully saturated rings. The van der Waals surface area contributed by atoms with E-state index in [0.717, 1.165) is 18.4 Å². The summed E-state index contributed by atoms with van der Waals surface area (Å²) >= 11 is 0.758. The molecular weight excluding hydrogens is 554 g/mol. The van der Waals surface area contributed by atoms with E-state index in [9.17, 15) is 22.3 Å². The van der Waals surface area contributed by atoms with Gasteiger partial charge in [-0.2, -0.15) is 5.10 Å². The van der Waals surface area contributed by atoms with Gasteiger partial charge in [-0.25, -0.2) is 17.5 Å². The number of nitrogens with two attached hydrogens (primary N) is 1. The summed E-state index contributed by atoms with van der Waals surface area (Å²) in [6.45, 7) is 0.143. The lowest BCUT2D eigenvalue weighted by atomic mass is 10.0. The topological polar surface area (TPSA) is 101 Å². The molecule has 1 aliphatic rings. The minimum atomic E-state index is -2.37. The van der Waals surface area contributed by atoms with Crippen molar-refractivity contribution >= 4 is 44.3 Å². The molecule has 36 heavy (non-hydrogen) atoms. The lowest BCUT2D eigenvalue weighted by Crippen LogP contribution is -2.29. The van der Waals surface area contributed by atoms with Gasteiger partial charge in [0.2, 0.25) is 0 Å². The van der Waals surface area contributed by atoms with E-state index in [-0.39, 0.29) is 18.0 Å². The van der Waals surface area contributed by atoms with Gasteiger partial charge in [0.1, 0.15) is 17.3 Å². The first kappa shape index (κ1) is 24.5. The molecule has 1 atom stereocenters. The van der Waals surface area contributed by atoms with Crippen LogP contribution in [0, 0.1) is 11.6 Å². The summed E-state index contributed by atoms with van der Waals surface area (Å²) in [5, 5.41) is 4.53. The van der Waals surface area contributed by atoms with Crippen molar-refractivity contribution in [3.05, 3.63) is 87.5 Å². The molecule has 1 amide bonds. The molecule has 186 valence electrons. The predicted molar refractivity (Wildman–Crippen MR) is 137 cm³/mol. The molecule has 0 aliphatic heterocycles. The number of aromatic nitrogens is 2. The Morgan fingerprint density at radius 2 is 1.92 bits per heavy atom. The van der Waals surface area contributed by atoms with E-state index >= 15 is 0 Å². The van der Waals surface area contributed by atoms with Crippen LogP contribution in [0.5, 0.6) is 0 Å². The number of amides is 1. The minimum absolute atomic E-state index is 0.143. The average Bonchev–Trinajstić information content (AvgIpc) is 3.61. The zero-order chi connectivity index (χ0) is 25.6. The summed E-state index contributed by atoms with van der Waals surface area (Å²) in [5.41, 5.74) is 9.16. The molecule has 11 heteroatoms. The quantitative estimate of drug-likeness (QED) is 0.282. The maximum absolute atomic E-state index is 14.0. The fraction of sp³-hybridized carbons (Fsp3) is 0.200. The van der Waals surface area contributed by atoms with Crippen LogP contribution in [-0.4, -0.2) is 30.8 Å². The Morgan fingerprint density at radius 3 is 2.53 bits per heavy atom. The zero-order valence-corrected chi connectivity index (χ0v) is 21.2. The predicted octanol–water partition coefficient (Wildman–Crippen LogP) is 5.20. The van der Waals surface area contributed by atoms with Crippen LogP contribution in [0.1, 0.15) is 40.2 Å². The smallest absolute Gasteiger partial charge is 0.261 e. The van der Waals surface area contributed by atoms with Crippen LogP contribution in [0.15, 0.2) is 59.2 Å². The van der Waals surface area contributed by atoms with Crippen LogP contribution >= 0.6 is 15.9 Å². The van der Waals surface area contributed by atoms with Crippen LogP contribution in [0.4, 0.5) is 14.5 Å². The van der Waals surface area contributed by atoms with E-state index in [4.69, 9.17) is 5.73 Å². The number of benzene rings is 2. The number of halogens is 3. The number of carbonyl (C=O) groups is 1. The molecule has 2 aromatic heterocycles. The Balaban J connectivity index is 1.60. The minimum Gasteiger partial charge on any atom is -0.365 e. The summed E-state index contributed by atoms with van der Waals surface area (Å²) in [7, 11) is 0. The number of hydrogen-bond acceptors (Lipinski definition) is 3. The maximum Gasteiger partial charge on any atom is 0.261 e. The molecule has 1 unspecified atom stereocenters. The third-order valence-corrected chi connectivity index (χ3v) is 7.61. The maximum atomic E-state index is 14.0. The molecule has 0 saturated heterocycles. The Hall–Kier alpha value is -3.15. The summed E-state index contributed by atoms with van der Waals surface area (Å²) < 4.78 is 53.2. The molecule has 4 aromatic rings. The molecule has 5 rings (SSSR count). The van der Waals surface area contributed by atoms with Gasteiger partial charge in [-0.05, 0) is 94.7 Å². The number of nitrogens with zero attached hydrogens (tertiary/aromatic N) is 3. The fourth-order valence-electron chi connectivity index (χ4n) is 4.29. The van der Waals surface area contributed by atoms with E-state index in [1.807, 2.05) is 0 Å². The van der Waals surface area contributed by atoms with Gasteiger partial charge in [-0.3, -0.25) is 13.7 Å². The second kappa shape index (κ2) is 9.72. The highest BCUT2D eigenvalue weighted by molar-refractivity contribution is 9.10. The van der Waals surface area contributed by atoms with E-state index in [1.165, 1.54) is 39.2 Å². The first-order chi connectivity index (χ1) is 17.2. The summed E-state index contributed by atoms with van der Waals surface area (Å²) in [5.74, 6) is -1.36. The van der Waals surface area contributed by atoms with Crippen LogP contribution in [0.25, 0.3) is 16.8 Å². The van der Waals surface area contributed by atoms with Gasteiger partial charge in [-0.1, -0.05) is 6.07 Å². The van der Waals surface area contributed by atoms with Gasteiger partial charge in [0, 0.05) is 12.1 Å². The largest absolute Gasteiger partial charge is 0.365 e. The number of fused-ring (bicyclic) bond motifs is 1. The van der Waals surface area contributed by atoms with Crippen molar-refractivity contribution in [2.75, 3.05) is 10.8 Å². The lowest BCUT2D eigenvalue weighted by molar-refractivity contribution is 0.100. The molecule has 3 N–H and O–H groups in total. The van der Waals surface area contributed by atoms with Crippen molar-refractivity contribution < 1.29 is 22.3 Å². The molecule has 1 saturated carbocycles. The number of hydrogen-bond donors (Lipinski definition) is 2. The zero-order valence-electron chi connectivity index (χ0n) is 18.8. The Kier molecular flexibility index (Phi) is 6.62. The van der Waals surface area contributed by atoms with Crippen molar-refractivity contribution in [2.24, 2.45) is 5.73 Å². The molecule has 1 aliphatic carbocycles. The molecule has 2 heterocycles. The van der Waals surface area contributed by atoms with Crippen molar-refractivity contribution in [1.82, 2.24) is 9.61 Å². The van der Waals surface area contributed by atoms with E-state index < -0.39 is 28.8 Å². The molecule has 0 bridgehead atoms. The highest BCUT2D eigenvalue weighted by Crippen LogP contribution is 2.46. The molecule has 2 aromatic carbocycles. The first-order valence-electron chi connectivity index (χ1n) is 11.2. The Labute approximate surface area is 216 Å². The first-order valence-corrected chi connectivity index (χ1v) is 13.0. The second-order valence-corrected chi connectivity index (χ2v) is 10.4. The SMILES string of the molecule is NC(=O)c1c(-c2ccc(F)cc2)nn2cc(N(CCc3ccc(Br)c(F)c3)S(=O)O)c(C3CC3)cc12. The van der Waals surface area contributed by atoms with Crippen LogP contribution in [-0.2, 0) is 17.7 Å². The highest BCUT2D eigenvalue weighted by atomic mass is 79.9. The average molecular weight is 575 g/mol. The number of rotatable bonds is 8. The van der Waals surface area contributed by atoms with E-state index in [1.54, 1.807) is 24.4 Å². The van der Waals surface area contributed by atoms with Gasteiger partial charge in [0.15, 0.2) is 0 Å². The molecule has 0 radical (unpaired) electrons. The van der Waals surface area contributed by atoms with Crippen molar-refractivity contribution in [1.29, 1.82) is 0 Å². The normalized spacial score (nSPS) is 14.2. The number of carbonyl (C=O) groups excluding carboxylic acids is 1. The van der Waals surface area contributed by atoms with Crippen LogP contribution in [0.3, 0.4) is 0 Å². The van der Waals surface area contributed by atoms with Crippen molar-refractivity contribution in [2.45, 2.75) is 25.2 Å². The van der Waals surface area contributed by atoms with Gasteiger partial charge in [0.05, 0.1) is 27.4 Å². The van der Waals surface area contributed by atoms with E-state index in [2.05, 4.69) is 21.0 Å². The highest BCUT2D eigenvalue weighted by Gasteiger charge is 2.31. The second-order valence-electron chi connectivity index (χ2n) is 8.64. The molecule has 0 spiro atoms. The van der Waals surface area contributed by atoms with Gasteiger partial charge >= 0.3 is 0 Å². The van der Waals surface area contributed by atoms with Gasteiger partial charge in [0.25, 0.3) is 17.2 Å². The Morgan fingerprint density at radius 1 is 1.19 bits per heavy atom. The van der Waals surface area contributed by atoms with Gasteiger partial charge in [-0.15, -0.1) is 0 Å². The van der Waals surface area contributed by atoms with Gasteiger partial charge < -0.3 is 5.73 Å². The number of pyridine rings is 1. The Bertz CT molecular complexity index is 1510. The standard InChI is InChI=1S/C25H21BrF2N4O3S/c26-19-8-1-14(11-20(19)28)9-10-32(36(34)35)22-13-31-21(12-18(22)15-2-3-15)23(25(29)33)24(30-31)16-4-6-17(27)7-5-16/h1,4-8,11-13,15H,2-3,9-10H2,(H2,29,33)(H,34,35). The summed E-state index contributed by atoms with van der Waals surface area (Å²) in [6.07, 6.45) is 3.74. The third kappa shape index (κ3) is 4.78. The summed E-state index contributed by atoms with van der Waals surface area (Å²) in [4.78, 5) is 12.4. The van der Waals surface area contributed by atoms with Crippen LogP contribution in [0.2, 0.25) is 0 Å². The molecule has 7 nitrogen and oxygen atoms in total. The summed E-state index contributed by atoms with van der Waals surface area (Å²) in [6, 6.07) is 12.1. The lowest BCUT2D eigenvalue weighted by Gasteiger charge is -2.23. The van der Waals surface area contributed by atoms with E-state index in [0.29, 0.717) is 38.9 Å². The van der Waals surface area contributed by atoms with Crippen LogP contribution < -0.4 is 10.0 Å². The number of primary amides is 1.